The highest BCUT2D eigenvalue weighted by molar-refractivity contribution is 6.39. The van der Waals surface area contributed by atoms with Gasteiger partial charge in [-0.25, -0.2) is 0 Å². The molecule has 0 saturated carbocycles. The normalized spacial score (nSPS) is 11.6. The summed E-state index contributed by atoms with van der Waals surface area (Å²) in [5.74, 6) is 0.0467. The summed E-state index contributed by atoms with van der Waals surface area (Å²) in [6.45, 7) is 0. The third kappa shape index (κ3) is 3.98. The van der Waals surface area contributed by atoms with E-state index in [4.69, 9.17) is 27.7 Å². The fraction of sp³-hybridized carbons (Fsp3) is 0.0526. The number of aromatic nitrogens is 1. The smallest absolute Gasteiger partial charge is 0.361 e. The van der Waals surface area contributed by atoms with Crippen molar-refractivity contribution < 1.29 is 17.7 Å². The molecule has 0 spiro atoms. The Morgan fingerprint density at radius 2 is 1.75 bits per heavy atom. The van der Waals surface area contributed by atoms with Crippen LogP contribution in [0.4, 0.5) is 18.9 Å². The fourth-order valence-electron chi connectivity index (χ4n) is 2.48. The van der Waals surface area contributed by atoms with Crippen LogP contribution in [0.1, 0.15) is 16.9 Å². The monoisotopic (exact) mass is 423 g/mol. The van der Waals surface area contributed by atoms with E-state index < -0.39 is 11.7 Å². The Hall–Kier alpha value is -2.95. The molecule has 9 heteroatoms. The number of halogens is 5. The van der Waals surface area contributed by atoms with Crippen LogP contribution in [0.5, 0.6) is 0 Å². The van der Waals surface area contributed by atoms with Gasteiger partial charge in [0.2, 0.25) is 0 Å². The van der Waals surface area contributed by atoms with E-state index in [-0.39, 0.29) is 32.8 Å². The summed E-state index contributed by atoms with van der Waals surface area (Å²) in [4.78, 5) is 0. The highest BCUT2D eigenvalue weighted by Gasteiger charge is 2.32. The van der Waals surface area contributed by atoms with Crippen LogP contribution in [-0.4, -0.2) is 5.16 Å². The first-order valence-corrected chi connectivity index (χ1v) is 8.52. The Morgan fingerprint density at radius 3 is 2.39 bits per heavy atom. The van der Waals surface area contributed by atoms with Crippen LogP contribution in [-0.2, 0) is 6.18 Å². The molecular weight excluding hydrogens is 414 g/mol. The average molecular weight is 424 g/mol. The third-order valence-corrected chi connectivity index (χ3v) is 4.37. The van der Waals surface area contributed by atoms with Crippen LogP contribution in [0, 0.1) is 11.3 Å². The Labute approximate surface area is 167 Å². The van der Waals surface area contributed by atoms with Gasteiger partial charge in [-0.3, -0.25) is 0 Å². The maximum Gasteiger partial charge on any atom is 0.418 e. The molecule has 4 nitrogen and oxygen atoms in total. The lowest BCUT2D eigenvalue weighted by molar-refractivity contribution is -0.136. The molecule has 2 aromatic carbocycles. The van der Waals surface area contributed by atoms with Crippen molar-refractivity contribution in [2.75, 3.05) is 5.32 Å². The molecule has 0 amide bonds. The topological polar surface area (TPSA) is 61.9 Å². The Kier molecular flexibility index (Phi) is 5.63. The van der Waals surface area contributed by atoms with Crippen molar-refractivity contribution in [2.24, 2.45) is 0 Å². The molecule has 0 radical (unpaired) electrons. The third-order valence-electron chi connectivity index (χ3n) is 3.74. The summed E-state index contributed by atoms with van der Waals surface area (Å²) in [7, 11) is 0. The van der Waals surface area contributed by atoms with Gasteiger partial charge in [-0.05, 0) is 24.3 Å². The van der Waals surface area contributed by atoms with Gasteiger partial charge >= 0.3 is 6.18 Å². The molecule has 0 fully saturated rings. The summed E-state index contributed by atoms with van der Waals surface area (Å²) in [5.41, 5.74) is -0.424. The number of hydrogen-bond acceptors (Lipinski definition) is 4. The fourth-order valence-corrected chi connectivity index (χ4v) is 3.06. The van der Waals surface area contributed by atoms with Gasteiger partial charge in [0.15, 0.2) is 5.76 Å². The summed E-state index contributed by atoms with van der Waals surface area (Å²) < 4.78 is 44.2. The van der Waals surface area contributed by atoms with Gasteiger partial charge in [0.25, 0.3) is 0 Å². The molecule has 3 aromatic rings. The number of hydrogen-bond donors (Lipinski definition) is 1. The maximum atomic E-state index is 13.0. The van der Waals surface area contributed by atoms with Gasteiger partial charge in [-0.2, -0.15) is 18.4 Å². The van der Waals surface area contributed by atoms with E-state index in [0.29, 0.717) is 5.56 Å². The number of anilines is 1. The quantitative estimate of drug-likeness (QED) is 0.511. The van der Waals surface area contributed by atoms with Gasteiger partial charge in [0.1, 0.15) is 17.3 Å². The summed E-state index contributed by atoms with van der Waals surface area (Å²) in [6, 6.07) is 11.8. The van der Waals surface area contributed by atoms with Crippen molar-refractivity contribution in [1.82, 2.24) is 5.16 Å². The van der Waals surface area contributed by atoms with E-state index in [0.717, 1.165) is 6.07 Å². The Balaban J connectivity index is 1.92. The highest BCUT2D eigenvalue weighted by Crippen LogP contribution is 2.37. The summed E-state index contributed by atoms with van der Waals surface area (Å²) in [5, 5.41) is 16.4. The number of nitriles is 1. The molecule has 142 valence electrons. The largest absolute Gasteiger partial charge is 0.418 e. The Morgan fingerprint density at radius 1 is 1.07 bits per heavy atom. The lowest BCUT2D eigenvalue weighted by atomic mass is 10.1. The van der Waals surface area contributed by atoms with Crippen LogP contribution in [0.3, 0.4) is 0 Å². The second-order valence-corrected chi connectivity index (χ2v) is 6.31. The van der Waals surface area contributed by atoms with Crippen molar-refractivity contribution >= 4 is 35.0 Å². The van der Waals surface area contributed by atoms with Crippen LogP contribution in [0.25, 0.3) is 17.3 Å². The van der Waals surface area contributed by atoms with E-state index in [2.05, 4.69) is 10.5 Å². The predicted molar refractivity (Wildman–Crippen MR) is 101 cm³/mol. The van der Waals surface area contributed by atoms with Crippen LogP contribution >= 0.6 is 23.2 Å². The number of nitrogens with one attached hydrogen (secondary N) is 1. The number of alkyl halides is 3. The second kappa shape index (κ2) is 7.97. The maximum absolute atomic E-state index is 13.0. The van der Waals surface area contributed by atoms with Crippen molar-refractivity contribution in [1.29, 1.82) is 5.26 Å². The Bertz CT molecular complexity index is 1060. The molecule has 0 bridgehead atoms. The van der Waals surface area contributed by atoms with Crippen molar-refractivity contribution in [2.45, 2.75) is 6.18 Å². The SMILES string of the molecule is N#Cc1c(-c2c(Cl)cccc2Cl)noc1C=CNc1ccccc1C(F)(F)F. The van der Waals surface area contributed by atoms with Crippen LogP contribution in [0.2, 0.25) is 10.0 Å². The molecule has 0 aliphatic rings. The summed E-state index contributed by atoms with van der Waals surface area (Å²) in [6.07, 6.45) is -1.98. The van der Waals surface area contributed by atoms with Gasteiger partial charge in [-0.15, -0.1) is 0 Å². The van der Waals surface area contributed by atoms with Gasteiger partial charge in [0, 0.05) is 17.8 Å². The lowest BCUT2D eigenvalue weighted by Crippen LogP contribution is -2.08. The van der Waals surface area contributed by atoms with E-state index in [1.807, 2.05) is 6.07 Å². The number of rotatable bonds is 4. The zero-order valence-corrected chi connectivity index (χ0v) is 15.4. The number of nitrogens with zero attached hydrogens (tertiary/aromatic N) is 2. The molecular formula is C19H10Cl2F3N3O. The molecule has 28 heavy (non-hydrogen) atoms. The second-order valence-electron chi connectivity index (χ2n) is 5.50. The molecule has 0 atom stereocenters. The molecule has 0 saturated heterocycles. The van der Waals surface area contributed by atoms with E-state index >= 15 is 0 Å². The predicted octanol–water partition coefficient (Wildman–Crippen LogP) is 6.62. The van der Waals surface area contributed by atoms with Crippen molar-refractivity contribution in [3.63, 3.8) is 0 Å². The first kappa shape index (κ1) is 19.8. The molecule has 0 unspecified atom stereocenters. The molecule has 1 aromatic heterocycles. The summed E-state index contributed by atoms with van der Waals surface area (Å²) >= 11 is 12.3. The zero-order valence-electron chi connectivity index (χ0n) is 13.9. The molecule has 1 heterocycles. The van der Waals surface area contributed by atoms with Gasteiger partial charge in [-0.1, -0.05) is 46.6 Å². The first-order valence-electron chi connectivity index (χ1n) is 7.76. The number of para-hydroxylation sites is 1. The van der Waals surface area contributed by atoms with E-state index in [9.17, 15) is 18.4 Å². The molecule has 1 N–H and O–H groups in total. The van der Waals surface area contributed by atoms with Crippen molar-refractivity contribution in [3.05, 3.63) is 75.6 Å². The van der Waals surface area contributed by atoms with Gasteiger partial charge < -0.3 is 9.84 Å². The minimum absolute atomic E-state index is 0.0467. The van der Waals surface area contributed by atoms with E-state index in [1.54, 1.807) is 18.2 Å². The van der Waals surface area contributed by atoms with Crippen molar-refractivity contribution in [3.8, 4) is 17.3 Å². The molecule has 0 aliphatic carbocycles. The minimum Gasteiger partial charge on any atom is -0.361 e. The van der Waals surface area contributed by atoms with Crippen LogP contribution in [0.15, 0.2) is 53.2 Å². The first-order chi connectivity index (χ1) is 13.3. The zero-order chi connectivity index (χ0) is 20.3. The minimum atomic E-state index is -4.50. The van der Waals surface area contributed by atoms with Crippen LogP contribution < -0.4 is 5.32 Å². The highest BCUT2D eigenvalue weighted by atomic mass is 35.5. The lowest BCUT2D eigenvalue weighted by Gasteiger charge is -2.11. The average Bonchev–Trinajstić information content (AvgIpc) is 3.04. The molecule has 0 aliphatic heterocycles. The number of benzene rings is 2. The standard InChI is InChI=1S/C19H10Cl2F3N3O/c20-13-5-3-6-14(21)17(13)18-11(10-25)16(28-27-18)8-9-26-15-7-2-1-4-12(15)19(22,23)24/h1-9,26H. The van der Waals surface area contributed by atoms with Gasteiger partial charge in [0.05, 0.1) is 21.3 Å². The van der Waals surface area contributed by atoms with E-state index in [1.165, 1.54) is 30.5 Å². The molecule has 3 rings (SSSR count).